The molecular formula is C37H21NS2. The zero-order valence-corrected chi connectivity index (χ0v) is 23.0. The molecule has 0 fully saturated rings. The highest BCUT2D eigenvalue weighted by Crippen LogP contribution is 2.44. The minimum absolute atomic E-state index is 1.03. The van der Waals surface area contributed by atoms with Crippen LogP contribution in [-0.2, 0) is 0 Å². The summed E-state index contributed by atoms with van der Waals surface area (Å²) in [6.45, 7) is 0. The lowest BCUT2D eigenvalue weighted by atomic mass is 9.95. The molecule has 186 valence electrons. The fourth-order valence-electron chi connectivity index (χ4n) is 6.26. The number of pyridine rings is 1. The van der Waals surface area contributed by atoms with E-state index in [1.54, 1.807) is 0 Å². The SMILES string of the molecule is c1ccc2c(c1)nc(-c1ccc(-c3cccc4c3sc3ccccc34)cc1)c1ccc3sc4ccccc4c3c12. The summed E-state index contributed by atoms with van der Waals surface area (Å²) in [5.41, 5.74) is 5.73. The smallest absolute Gasteiger partial charge is 0.0788 e. The Kier molecular flexibility index (Phi) is 4.71. The van der Waals surface area contributed by atoms with Crippen molar-refractivity contribution in [2.24, 2.45) is 0 Å². The minimum atomic E-state index is 1.03. The Labute approximate surface area is 238 Å². The van der Waals surface area contributed by atoms with Gasteiger partial charge in [-0.25, -0.2) is 4.98 Å². The van der Waals surface area contributed by atoms with Crippen molar-refractivity contribution in [3.05, 3.63) is 127 Å². The van der Waals surface area contributed by atoms with Crippen molar-refractivity contribution in [2.45, 2.75) is 0 Å². The van der Waals surface area contributed by atoms with E-state index in [9.17, 15) is 0 Å². The molecule has 0 radical (unpaired) electrons. The van der Waals surface area contributed by atoms with Gasteiger partial charge in [0.2, 0.25) is 0 Å². The highest BCUT2D eigenvalue weighted by Gasteiger charge is 2.17. The minimum Gasteiger partial charge on any atom is -0.247 e. The molecule has 40 heavy (non-hydrogen) atoms. The number of thiophene rings is 2. The van der Waals surface area contributed by atoms with Crippen LogP contribution in [0.25, 0.3) is 84.4 Å². The first kappa shape index (κ1) is 22.3. The lowest BCUT2D eigenvalue weighted by Gasteiger charge is -2.12. The lowest BCUT2D eigenvalue weighted by Crippen LogP contribution is -1.90. The Hall–Kier alpha value is -4.57. The molecule has 0 amide bonds. The van der Waals surface area contributed by atoms with Gasteiger partial charge < -0.3 is 0 Å². The summed E-state index contributed by atoms with van der Waals surface area (Å²) in [6.07, 6.45) is 0. The third kappa shape index (κ3) is 3.16. The average Bonchev–Trinajstić information content (AvgIpc) is 3.59. The summed E-state index contributed by atoms with van der Waals surface area (Å²) in [5, 5.41) is 9.04. The Morgan fingerprint density at radius 1 is 0.400 bits per heavy atom. The second-order valence-electron chi connectivity index (χ2n) is 10.3. The van der Waals surface area contributed by atoms with Gasteiger partial charge in [-0.2, -0.15) is 0 Å². The lowest BCUT2D eigenvalue weighted by molar-refractivity contribution is 1.43. The van der Waals surface area contributed by atoms with Crippen molar-refractivity contribution in [1.29, 1.82) is 0 Å². The molecule has 9 aromatic rings. The molecule has 0 aliphatic carbocycles. The predicted molar refractivity (Wildman–Crippen MR) is 176 cm³/mol. The van der Waals surface area contributed by atoms with E-state index in [4.69, 9.17) is 4.98 Å². The molecule has 0 N–H and O–H groups in total. The van der Waals surface area contributed by atoms with Crippen molar-refractivity contribution >= 4 is 84.7 Å². The summed E-state index contributed by atoms with van der Waals surface area (Å²) in [4.78, 5) is 5.23. The molecule has 0 spiro atoms. The van der Waals surface area contributed by atoms with Crippen LogP contribution in [0.3, 0.4) is 0 Å². The molecule has 0 saturated heterocycles. The normalized spacial score (nSPS) is 12.0. The van der Waals surface area contributed by atoms with Crippen molar-refractivity contribution in [3.63, 3.8) is 0 Å². The van der Waals surface area contributed by atoms with Gasteiger partial charge in [-0.3, -0.25) is 0 Å². The second kappa shape index (κ2) is 8.46. The van der Waals surface area contributed by atoms with Gasteiger partial charge in [0.25, 0.3) is 0 Å². The first-order valence-electron chi connectivity index (χ1n) is 13.5. The maximum absolute atomic E-state index is 5.23. The predicted octanol–water partition coefficient (Wildman–Crippen LogP) is 11.5. The molecule has 9 rings (SSSR count). The Bertz CT molecular complexity index is 2430. The van der Waals surface area contributed by atoms with E-state index in [1.165, 1.54) is 67.6 Å². The van der Waals surface area contributed by atoms with Gasteiger partial charge in [-0.05, 0) is 35.4 Å². The summed E-state index contributed by atoms with van der Waals surface area (Å²) in [5.74, 6) is 0. The maximum atomic E-state index is 5.23. The van der Waals surface area contributed by atoms with Crippen LogP contribution < -0.4 is 0 Å². The van der Waals surface area contributed by atoms with Crippen LogP contribution in [0.15, 0.2) is 127 Å². The van der Waals surface area contributed by atoms with Crippen LogP contribution in [0.2, 0.25) is 0 Å². The number of fused-ring (bicyclic) bond motifs is 10. The van der Waals surface area contributed by atoms with E-state index in [0.717, 1.165) is 16.8 Å². The molecule has 6 aromatic carbocycles. The topological polar surface area (TPSA) is 12.9 Å². The molecule has 1 nitrogen and oxygen atoms in total. The second-order valence-corrected chi connectivity index (χ2v) is 12.4. The largest absolute Gasteiger partial charge is 0.247 e. The molecule has 0 saturated carbocycles. The van der Waals surface area contributed by atoms with Crippen molar-refractivity contribution in [2.75, 3.05) is 0 Å². The zero-order valence-electron chi connectivity index (χ0n) is 21.4. The standard InChI is InChI=1S/C37H21NS2/c1-4-13-30-27(9-1)34-29(20-21-33-35(34)28-10-3-6-15-32(28)39-33)36(38-30)23-18-16-22(17-19-23)24-11-7-12-26-25-8-2-5-14-31(25)40-37(24)26/h1-21H. The fourth-order valence-corrected chi connectivity index (χ4v) is 8.61. The summed E-state index contributed by atoms with van der Waals surface area (Å²) >= 11 is 3.75. The molecule has 0 aliphatic rings. The molecular weight excluding hydrogens is 523 g/mol. The number of nitrogens with zero attached hydrogens (tertiary/aromatic N) is 1. The van der Waals surface area contributed by atoms with Gasteiger partial charge in [0.1, 0.15) is 0 Å². The number of para-hydroxylation sites is 1. The Morgan fingerprint density at radius 2 is 1.07 bits per heavy atom. The van der Waals surface area contributed by atoms with E-state index in [2.05, 4.69) is 127 Å². The first-order chi connectivity index (χ1) is 19.8. The van der Waals surface area contributed by atoms with Gasteiger partial charge in [0.15, 0.2) is 0 Å². The summed E-state index contributed by atoms with van der Waals surface area (Å²) < 4.78 is 5.33. The molecule has 3 heterocycles. The number of benzene rings is 6. The van der Waals surface area contributed by atoms with Crippen molar-refractivity contribution < 1.29 is 0 Å². The van der Waals surface area contributed by atoms with Crippen LogP contribution in [0.5, 0.6) is 0 Å². The molecule has 3 aromatic heterocycles. The molecule has 0 unspecified atom stereocenters. The van der Waals surface area contributed by atoms with Crippen LogP contribution >= 0.6 is 22.7 Å². The van der Waals surface area contributed by atoms with E-state index >= 15 is 0 Å². The van der Waals surface area contributed by atoms with E-state index < -0.39 is 0 Å². The van der Waals surface area contributed by atoms with Gasteiger partial charge in [-0.1, -0.05) is 103 Å². The van der Waals surface area contributed by atoms with Gasteiger partial charge in [-0.15, -0.1) is 22.7 Å². The number of aromatic nitrogens is 1. The van der Waals surface area contributed by atoms with E-state index in [0.29, 0.717) is 0 Å². The quantitative estimate of drug-likeness (QED) is 0.198. The third-order valence-electron chi connectivity index (χ3n) is 8.08. The van der Waals surface area contributed by atoms with Crippen LogP contribution in [-0.4, -0.2) is 4.98 Å². The Morgan fingerprint density at radius 3 is 1.93 bits per heavy atom. The van der Waals surface area contributed by atoms with Crippen LogP contribution in [0, 0.1) is 0 Å². The van der Waals surface area contributed by atoms with Crippen molar-refractivity contribution in [3.8, 4) is 22.4 Å². The zero-order chi connectivity index (χ0) is 26.2. The number of rotatable bonds is 2. The van der Waals surface area contributed by atoms with Crippen LogP contribution in [0.4, 0.5) is 0 Å². The highest BCUT2D eigenvalue weighted by molar-refractivity contribution is 7.26. The molecule has 0 atom stereocenters. The van der Waals surface area contributed by atoms with E-state index in [-0.39, 0.29) is 0 Å². The van der Waals surface area contributed by atoms with Crippen molar-refractivity contribution in [1.82, 2.24) is 4.98 Å². The Balaban J connectivity index is 1.28. The summed E-state index contributed by atoms with van der Waals surface area (Å²) in [7, 11) is 0. The maximum Gasteiger partial charge on any atom is 0.0788 e. The average molecular weight is 544 g/mol. The monoisotopic (exact) mass is 543 g/mol. The molecule has 0 bridgehead atoms. The first-order valence-corrected chi connectivity index (χ1v) is 15.1. The highest BCUT2D eigenvalue weighted by atomic mass is 32.1. The van der Waals surface area contributed by atoms with E-state index in [1.807, 2.05) is 22.7 Å². The van der Waals surface area contributed by atoms with Gasteiger partial charge >= 0.3 is 0 Å². The third-order valence-corrected chi connectivity index (χ3v) is 10.4. The van der Waals surface area contributed by atoms with Crippen LogP contribution in [0.1, 0.15) is 0 Å². The number of hydrogen-bond donors (Lipinski definition) is 0. The fraction of sp³-hybridized carbons (Fsp3) is 0. The number of hydrogen-bond acceptors (Lipinski definition) is 3. The molecule has 0 aliphatic heterocycles. The summed E-state index contributed by atoms with van der Waals surface area (Å²) in [6, 6.07) is 46.3. The molecule has 3 heteroatoms. The van der Waals surface area contributed by atoms with Gasteiger partial charge in [0.05, 0.1) is 11.2 Å². The van der Waals surface area contributed by atoms with Gasteiger partial charge in [0, 0.05) is 62.1 Å².